The summed E-state index contributed by atoms with van der Waals surface area (Å²) in [6.07, 6.45) is 10.7. The van der Waals surface area contributed by atoms with E-state index in [1.807, 2.05) is 53.3 Å². The van der Waals surface area contributed by atoms with Gasteiger partial charge in [0.2, 0.25) is 0 Å². The van der Waals surface area contributed by atoms with Crippen molar-refractivity contribution in [2.24, 2.45) is 7.05 Å². The van der Waals surface area contributed by atoms with Crippen LogP contribution in [0.25, 0.3) is 22.6 Å². The minimum absolute atomic E-state index is 0.0881. The number of rotatable bonds is 3. The van der Waals surface area contributed by atoms with Gasteiger partial charge in [0.25, 0.3) is 5.91 Å². The largest absolute Gasteiger partial charge is 0.347 e. The Hall–Kier alpha value is -3.55. The number of imidazole rings is 1. The zero-order valence-corrected chi connectivity index (χ0v) is 16.1. The van der Waals surface area contributed by atoms with Crippen molar-refractivity contribution in [3.8, 4) is 11.3 Å². The minimum atomic E-state index is 0.0881. The van der Waals surface area contributed by atoms with Gasteiger partial charge in [-0.2, -0.15) is 0 Å². The fraction of sp³-hybridized carbons (Fsp3) is 0.286. The number of piperidine rings is 1. The first-order valence-electron chi connectivity index (χ1n) is 9.71. The van der Waals surface area contributed by atoms with Crippen LogP contribution in [0.3, 0.4) is 0 Å². The van der Waals surface area contributed by atoms with Crippen LogP contribution in [0.5, 0.6) is 0 Å². The first kappa shape index (κ1) is 17.5. The molecule has 0 unspecified atom stereocenters. The molecule has 0 spiro atoms. The first-order chi connectivity index (χ1) is 14.2. The molecule has 0 N–H and O–H groups in total. The molecule has 1 aliphatic rings. The number of carbonyl (C=O) groups excluding carboxylic acids is 1. The molecule has 146 valence electrons. The molecule has 1 saturated heterocycles. The third kappa shape index (κ3) is 3.16. The topological polar surface area (TPSA) is 81.7 Å². The molecule has 0 aliphatic carbocycles. The van der Waals surface area contributed by atoms with Gasteiger partial charge in [-0.1, -0.05) is 0 Å². The number of nitrogens with zero attached hydrogens (tertiary/aromatic N) is 7. The van der Waals surface area contributed by atoms with Crippen LogP contribution in [0.2, 0.25) is 0 Å². The van der Waals surface area contributed by atoms with Crippen LogP contribution in [-0.4, -0.2) is 53.0 Å². The lowest BCUT2D eigenvalue weighted by Gasteiger charge is -2.32. The van der Waals surface area contributed by atoms with Gasteiger partial charge < -0.3 is 14.0 Å². The molecule has 5 rings (SSSR count). The number of aryl methyl sites for hydroxylation is 1. The molecule has 0 saturated carbocycles. The Labute approximate surface area is 167 Å². The second kappa shape index (κ2) is 7.12. The highest BCUT2D eigenvalue weighted by molar-refractivity contribution is 5.92. The Morgan fingerprint density at radius 1 is 1.10 bits per heavy atom. The van der Waals surface area contributed by atoms with Crippen molar-refractivity contribution in [1.82, 2.24) is 34.0 Å². The summed E-state index contributed by atoms with van der Waals surface area (Å²) in [7, 11) is 1.90. The average Bonchev–Trinajstić information content (AvgIpc) is 3.39. The van der Waals surface area contributed by atoms with Crippen molar-refractivity contribution in [2.45, 2.75) is 18.9 Å². The van der Waals surface area contributed by atoms with Gasteiger partial charge in [-0.05, 0) is 37.1 Å². The van der Waals surface area contributed by atoms with Gasteiger partial charge in [0.15, 0.2) is 11.3 Å². The Balaban J connectivity index is 1.37. The molecule has 8 nitrogen and oxygen atoms in total. The number of carbonyl (C=O) groups is 1. The van der Waals surface area contributed by atoms with E-state index in [-0.39, 0.29) is 11.9 Å². The quantitative estimate of drug-likeness (QED) is 0.540. The number of hydrogen-bond acceptors (Lipinski definition) is 5. The second-order valence-corrected chi connectivity index (χ2v) is 7.32. The zero-order chi connectivity index (χ0) is 19.8. The van der Waals surface area contributed by atoms with Crippen LogP contribution < -0.4 is 0 Å². The highest BCUT2D eigenvalue weighted by atomic mass is 16.2. The average molecular weight is 387 g/mol. The Bertz CT molecular complexity index is 1160. The molecule has 0 radical (unpaired) electrons. The predicted molar refractivity (Wildman–Crippen MR) is 108 cm³/mol. The fourth-order valence-electron chi connectivity index (χ4n) is 3.92. The second-order valence-electron chi connectivity index (χ2n) is 7.32. The van der Waals surface area contributed by atoms with E-state index in [1.165, 1.54) is 0 Å². The van der Waals surface area contributed by atoms with Crippen LogP contribution in [0.15, 0.2) is 55.4 Å². The van der Waals surface area contributed by atoms with E-state index >= 15 is 0 Å². The van der Waals surface area contributed by atoms with Gasteiger partial charge in [0, 0.05) is 50.3 Å². The molecular formula is C21H21N7O. The number of amides is 1. The monoisotopic (exact) mass is 387 g/mol. The van der Waals surface area contributed by atoms with E-state index in [0.29, 0.717) is 18.7 Å². The Kier molecular flexibility index (Phi) is 4.31. The zero-order valence-electron chi connectivity index (χ0n) is 16.1. The van der Waals surface area contributed by atoms with Crippen molar-refractivity contribution in [3.63, 3.8) is 0 Å². The normalized spacial score (nSPS) is 15.1. The van der Waals surface area contributed by atoms with E-state index < -0.39 is 0 Å². The van der Waals surface area contributed by atoms with Crippen molar-refractivity contribution in [3.05, 3.63) is 61.1 Å². The van der Waals surface area contributed by atoms with Gasteiger partial charge in [-0.3, -0.25) is 9.78 Å². The number of hydrogen-bond donors (Lipinski definition) is 0. The van der Waals surface area contributed by atoms with Crippen molar-refractivity contribution < 1.29 is 4.79 Å². The van der Waals surface area contributed by atoms with Gasteiger partial charge in [-0.25, -0.2) is 15.0 Å². The van der Waals surface area contributed by atoms with Crippen molar-refractivity contribution >= 4 is 17.2 Å². The lowest BCUT2D eigenvalue weighted by molar-refractivity contribution is 0.0686. The molecule has 1 aliphatic heterocycles. The molecule has 8 heteroatoms. The molecule has 5 heterocycles. The van der Waals surface area contributed by atoms with E-state index in [0.717, 1.165) is 35.4 Å². The number of fused-ring (bicyclic) bond motifs is 1. The number of pyridine rings is 1. The lowest BCUT2D eigenvalue weighted by Crippen LogP contribution is -2.39. The summed E-state index contributed by atoms with van der Waals surface area (Å²) < 4.78 is 3.97. The van der Waals surface area contributed by atoms with E-state index in [2.05, 4.69) is 19.5 Å². The molecule has 4 aromatic rings. The summed E-state index contributed by atoms with van der Waals surface area (Å²) in [5, 5.41) is 0. The summed E-state index contributed by atoms with van der Waals surface area (Å²) in [6.45, 7) is 1.42. The van der Waals surface area contributed by atoms with Crippen LogP contribution in [0, 0.1) is 0 Å². The molecular weight excluding hydrogens is 366 g/mol. The third-order valence-corrected chi connectivity index (χ3v) is 5.55. The van der Waals surface area contributed by atoms with E-state index in [4.69, 9.17) is 4.98 Å². The maximum absolute atomic E-state index is 12.7. The number of likely N-dealkylation sites (tertiary alicyclic amines) is 1. The smallest absolute Gasteiger partial charge is 0.270 e. The number of aromatic nitrogens is 6. The summed E-state index contributed by atoms with van der Waals surface area (Å²) in [5.41, 5.74) is 3.85. The molecule has 29 heavy (non-hydrogen) atoms. The van der Waals surface area contributed by atoms with Crippen LogP contribution in [0.1, 0.15) is 29.4 Å². The molecule has 0 atom stereocenters. The molecule has 1 fully saturated rings. The van der Waals surface area contributed by atoms with E-state index in [9.17, 15) is 4.79 Å². The SMILES string of the molecule is Cn1cccc1C(=O)N1CCC(n2cnc3ncc(-c4cccnc4)nc32)CC1. The summed E-state index contributed by atoms with van der Waals surface area (Å²) in [5.74, 6) is 0.0881. The van der Waals surface area contributed by atoms with Gasteiger partial charge in [0.1, 0.15) is 5.69 Å². The van der Waals surface area contributed by atoms with Crippen LogP contribution >= 0.6 is 0 Å². The van der Waals surface area contributed by atoms with Crippen LogP contribution in [-0.2, 0) is 7.05 Å². The summed E-state index contributed by atoms with van der Waals surface area (Å²) >= 11 is 0. The Morgan fingerprint density at radius 2 is 1.97 bits per heavy atom. The highest BCUT2D eigenvalue weighted by Crippen LogP contribution is 2.27. The van der Waals surface area contributed by atoms with Gasteiger partial charge >= 0.3 is 0 Å². The van der Waals surface area contributed by atoms with Crippen molar-refractivity contribution in [2.75, 3.05) is 13.1 Å². The van der Waals surface area contributed by atoms with Gasteiger partial charge in [0.05, 0.1) is 18.2 Å². The highest BCUT2D eigenvalue weighted by Gasteiger charge is 2.27. The summed E-state index contributed by atoms with van der Waals surface area (Å²) in [6, 6.07) is 7.87. The predicted octanol–water partition coefficient (Wildman–Crippen LogP) is 2.70. The molecule has 0 bridgehead atoms. The first-order valence-corrected chi connectivity index (χ1v) is 9.71. The standard InChI is InChI=1S/C21H21N7O/c1-26-9-3-5-18(26)21(29)27-10-6-16(7-11-27)28-14-24-19-20(28)25-17(13-23-19)15-4-2-8-22-12-15/h2-5,8-9,12-14,16H,6-7,10-11H2,1H3. The Morgan fingerprint density at radius 3 is 2.69 bits per heavy atom. The lowest BCUT2D eigenvalue weighted by atomic mass is 10.0. The molecule has 4 aromatic heterocycles. The van der Waals surface area contributed by atoms with Gasteiger partial charge in [-0.15, -0.1) is 0 Å². The van der Waals surface area contributed by atoms with E-state index in [1.54, 1.807) is 18.6 Å². The summed E-state index contributed by atoms with van der Waals surface area (Å²) in [4.78, 5) is 32.5. The third-order valence-electron chi connectivity index (χ3n) is 5.55. The minimum Gasteiger partial charge on any atom is -0.347 e. The maximum Gasteiger partial charge on any atom is 0.270 e. The maximum atomic E-state index is 12.7. The fourth-order valence-corrected chi connectivity index (χ4v) is 3.92. The van der Waals surface area contributed by atoms with Crippen LogP contribution in [0.4, 0.5) is 0 Å². The molecule has 0 aromatic carbocycles. The van der Waals surface area contributed by atoms with Crippen molar-refractivity contribution in [1.29, 1.82) is 0 Å². The molecule has 1 amide bonds.